The number of fused-ring (bicyclic) bond motifs is 2. The van der Waals surface area contributed by atoms with E-state index in [4.69, 9.17) is 0 Å². The first-order valence-electron chi connectivity index (χ1n) is 9.86. The monoisotopic (exact) mass is 350 g/mol. The lowest BCUT2D eigenvalue weighted by molar-refractivity contribution is -0.0996. The van der Waals surface area contributed by atoms with Crippen LogP contribution in [-0.2, 0) is 12.1 Å². The fourth-order valence-electron chi connectivity index (χ4n) is 5.05. The van der Waals surface area contributed by atoms with Crippen molar-refractivity contribution in [1.29, 1.82) is 0 Å². The van der Waals surface area contributed by atoms with Gasteiger partial charge in [-0.1, -0.05) is 55.0 Å². The number of aliphatic hydroxyl groups is 1. The topological polar surface area (TPSA) is 26.7 Å². The largest absolute Gasteiger partial charge is 0.385 e. The van der Waals surface area contributed by atoms with Gasteiger partial charge in [-0.25, -0.2) is 0 Å². The van der Waals surface area contributed by atoms with Gasteiger partial charge < -0.3 is 10.0 Å². The van der Waals surface area contributed by atoms with Crippen LogP contribution in [0.1, 0.15) is 43.2 Å². The van der Waals surface area contributed by atoms with E-state index in [0.29, 0.717) is 12.1 Å². The van der Waals surface area contributed by atoms with Crippen molar-refractivity contribution in [3.05, 3.63) is 65.7 Å². The van der Waals surface area contributed by atoms with Crippen LogP contribution in [-0.4, -0.2) is 36.2 Å². The summed E-state index contributed by atoms with van der Waals surface area (Å²) in [5.41, 5.74) is 2.90. The average molecular weight is 351 g/mol. The van der Waals surface area contributed by atoms with E-state index >= 15 is 0 Å². The normalized spacial score (nSPS) is 28.7. The zero-order valence-electron chi connectivity index (χ0n) is 15.9. The van der Waals surface area contributed by atoms with Crippen LogP contribution < -0.4 is 4.90 Å². The van der Waals surface area contributed by atoms with Gasteiger partial charge in [0.15, 0.2) is 0 Å². The van der Waals surface area contributed by atoms with E-state index in [1.807, 2.05) is 0 Å². The van der Waals surface area contributed by atoms with Crippen LogP contribution in [0, 0.1) is 0 Å². The van der Waals surface area contributed by atoms with Crippen molar-refractivity contribution in [2.24, 2.45) is 0 Å². The van der Waals surface area contributed by atoms with E-state index in [1.54, 1.807) is 0 Å². The van der Waals surface area contributed by atoms with Crippen LogP contribution >= 0.6 is 0 Å². The molecular weight excluding hydrogens is 320 g/mol. The Morgan fingerprint density at radius 2 is 1.58 bits per heavy atom. The number of hydrogen-bond acceptors (Lipinski definition) is 3. The summed E-state index contributed by atoms with van der Waals surface area (Å²) in [6.45, 7) is 1.00. The van der Waals surface area contributed by atoms with Crippen LogP contribution in [0.15, 0.2) is 54.6 Å². The fraction of sp³-hybridized carbons (Fsp3) is 0.478. The summed E-state index contributed by atoms with van der Waals surface area (Å²) in [7, 11) is 4.13. The number of anilines is 1. The molecule has 0 amide bonds. The molecule has 0 spiro atoms. The molecule has 2 unspecified atom stereocenters. The maximum Gasteiger partial charge on any atom is 0.0946 e. The molecule has 0 aromatic heterocycles. The standard InChI is InChI=1S/C23H30N2O/c1-24(2)22-14-7-6-13-21(22)23(26)15-19-11-8-12-20(16-23)25(19)17-18-9-4-3-5-10-18/h3-7,9-10,13-14,19-20,26H,8,11-12,15-17H2,1-2H3. The summed E-state index contributed by atoms with van der Waals surface area (Å²) in [6.07, 6.45) is 5.33. The minimum atomic E-state index is -0.718. The van der Waals surface area contributed by atoms with Crippen molar-refractivity contribution in [2.45, 2.75) is 56.3 Å². The van der Waals surface area contributed by atoms with Gasteiger partial charge in [0.2, 0.25) is 0 Å². The number of rotatable bonds is 4. The molecule has 0 radical (unpaired) electrons. The minimum absolute atomic E-state index is 0.461. The van der Waals surface area contributed by atoms with E-state index in [-0.39, 0.29) is 0 Å². The maximum atomic E-state index is 11.7. The zero-order valence-corrected chi connectivity index (χ0v) is 15.9. The lowest BCUT2D eigenvalue weighted by atomic mass is 9.72. The number of benzene rings is 2. The third-order valence-electron chi connectivity index (χ3n) is 6.25. The van der Waals surface area contributed by atoms with E-state index in [2.05, 4.69) is 78.5 Å². The summed E-state index contributed by atoms with van der Waals surface area (Å²) >= 11 is 0. The highest BCUT2D eigenvalue weighted by Crippen LogP contribution is 2.46. The van der Waals surface area contributed by atoms with Gasteiger partial charge in [0.05, 0.1) is 5.60 Å². The molecule has 3 heteroatoms. The van der Waals surface area contributed by atoms with E-state index in [0.717, 1.165) is 30.6 Å². The smallest absolute Gasteiger partial charge is 0.0946 e. The fourth-order valence-corrected chi connectivity index (χ4v) is 5.05. The predicted molar refractivity (Wildman–Crippen MR) is 107 cm³/mol. The Bertz CT molecular complexity index is 729. The van der Waals surface area contributed by atoms with Crippen LogP contribution in [0.4, 0.5) is 5.69 Å². The van der Waals surface area contributed by atoms with Gasteiger partial charge in [-0.2, -0.15) is 0 Å². The van der Waals surface area contributed by atoms with Crippen molar-refractivity contribution >= 4 is 5.69 Å². The van der Waals surface area contributed by atoms with Gasteiger partial charge in [0.25, 0.3) is 0 Å². The lowest BCUT2D eigenvalue weighted by Gasteiger charge is -2.52. The molecule has 1 N–H and O–H groups in total. The number of para-hydroxylation sites is 1. The molecule has 2 saturated heterocycles. The van der Waals surface area contributed by atoms with Crippen LogP contribution in [0.2, 0.25) is 0 Å². The molecule has 26 heavy (non-hydrogen) atoms. The molecule has 2 bridgehead atoms. The second kappa shape index (κ2) is 7.05. The van der Waals surface area contributed by atoms with Gasteiger partial charge in [-0.3, -0.25) is 4.90 Å². The van der Waals surface area contributed by atoms with Gasteiger partial charge >= 0.3 is 0 Å². The molecule has 2 aliphatic heterocycles. The molecule has 0 aliphatic carbocycles. The highest BCUT2D eigenvalue weighted by atomic mass is 16.3. The number of hydrogen-bond donors (Lipinski definition) is 1. The molecule has 2 heterocycles. The molecule has 2 aromatic rings. The summed E-state index contributed by atoms with van der Waals surface area (Å²) in [5.74, 6) is 0. The van der Waals surface area contributed by atoms with Crippen LogP contribution in [0.25, 0.3) is 0 Å². The Morgan fingerprint density at radius 3 is 2.23 bits per heavy atom. The summed E-state index contributed by atoms with van der Waals surface area (Å²) in [6, 6.07) is 20.1. The average Bonchev–Trinajstić information content (AvgIpc) is 2.63. The quantitative estimate of drug-likeness (QED) is 0.897. The second-order valence-electron chi connectivity index (χ2n) is 8.25. The lowest BCUT2D eigenvalue weighted by Crippen LogP contribution is -2.56. The predicted octanol–water partition coefficient (Wildman–Crippen LogP) is 4.16. The van der Waals surface area contributed by atoms with E-state index in [1.165, 1.54) is 24.8 Å². The molecule has 0 saturated carbocycles. The molecule has 138 valence electrons. The molecule has 3 nitrogen and oxygen atoms in total. The molecule has 2 fully saturated rings. The van der Waals surface area contributed by atoms with E-state index < -0.39 is 5.60 Å². The van der Waals surface area contributed by atoms with Crippen molar-refractivity contribution in [3.8, 4) is 0 Å². The summed E-state index contributed by atoms with van der Waals surface area (Å²) < 4.78 is 0. The Hall–Kier alpha value is -1.84. The first-order chi connectivity index (χ1) is 12.6. The molecule has 2 aliphatic rings. The van der Waals surface area contributed by atoms with Gasteiger partial charge in [0, 0.05) is 44.0 Å². The van der Waals surface area contributed by atoms with Gasteiger partial charge in [0.1, 0.15) is 0 Å². The highest BCUT2D eigenvalue weighted by molar-refractivity contribution is 5.55. The van der Waals surface area contributed by atoms with Gasteiger partial charge in [-0.05, 0) is 37.3 Å². The first kappa shape index (κ1) is 17.6. The third-order valence-corrected chi connectivity index (χ3v) is 6.25. The van der Waals surface area contributed by atoms with E-state index in [9.17, 15) is 5.11 Å². The van der Waals surface area contributed by atoms with Crippen molar-refractivity contribution in [3.63, 3.8) is 0 Å². The number of piperidine rings is 2. The summed E-state index contributed by atoms with van der Waals surface area (Å²) in [4.78, 5) is 4.78. The Morgan fingerprint density at radius 1 is 0.962 bits per heavy atom. The molecule has 2 atom stereocenters. The molecule has 2 aromatic carbocycles. The maximum absolute atomic E-state index is 11.7. The van der Waals surface area contributed by atoms with Gasteiger partial charge in [-0.15, -0.1) is 0 Å². The number of nitrogens with zero attached hydrogens (tertiary/aromatic N) is 2. The van der Waals surface area contributed by atoms with Crippen LogP contribution in [0.3, 0.4) is 0 Å². The second-order valence-corrected chi connectivity index (χ2v) is 8.25. The highest BCUT2D eigenvalue weighted by Gasteiger charge is 2.47. The summed E-state index contributed by atoms with van der Waals surface area (Å²) in [5, 5.41) is 11.7. The minimum Gasteiger partial charge on any atom is -0.385 e. The van der Waals surface area contributed by atoms with Crippen molar-refractivity contribution < 1.29 is 5.11 Å². The van der Waals surface area contributed by atoms with Crippen molar-refractivity contribution in [1.82, 2.24) is 4.90 Å². The first-order valence-corrected chi connectivity index (χ1v) is 9.86. The molecule has 4 rings (SSSR count). The Labute approximate surface area is 157 Å². The SMILES string of the molecule is CN(C)c1ccccc1C1(O)CC2CCCC(C1)N2Cc1ccccc1. The zero-order chi connectivity index (χ0) is 18.1. The Kier molecular flexibility index (Phi) is 4.76. The van der Waals surface area contributed by atoms with Crippen LogP contribution in [0.5, 0.6) is 0 Å². The third kappa shape index (κ3) is 3.26. The molecular formula is C23H30N2O. The van der Waals surface area contributed by atoms with Crippen molar-refractivity contribution in [2.75, 3.05) is 19.0 Å². The Balaban J connectivity index is 1.62.